The summed E-state index contributed by atoms with van der Waals surface area (Å²) in [7, 11) is 0. The fourth-order valence-electron chi connectivity index (χ4n) is 1.04. The number of nitrogens with two attached hydrogens (primary N) is 1. The molecule has 1 rings (SSSR count). The lowest BCUT2D eigenvalue weighted by atomic mass is 9.97. The summed E-state index contributed by atoms with van der Waals surface area (Å²) in [4.78, 5) is 16.4. The molecule has 0 spiro atoms. The smallest absolute Gasteiger partial charge is 0.265 e. The van der Waals surface area contributed by atoms with Gasteiger partial charge in [-0.3, -0.25) is 9.63 Å². The average molecular weight is 172 g/mol. The highest BCUT2D eigenvalue weighted by Gasteiger charge is 2.32. The molecule has 0 bridgehead atoms. The maximum Gasteiger partial charge on any atom is 0.265 e. The first-order valence-corrected chi connectivity index (χ1v) is 4.10. The maximum atomic E-state index is 11.3. The van der Waals surface area contributed by atoms with Gasteiger partial charge in [0.1, 0.15) is 6.04 Å². The number of hydrogen-bond acceptors (Lipinski definition) is 3. The predicted molar refractivity (Wildman–Crippen MR) is 45.1 cm³/mol. The van der Waals surface area contributed by atoms with E-state index >= 15 is 0 Å². The van der Waals surface area contributed by atoms with Crippen LogP contribution in [-0.2, 0) is 9.63 Å². The second kappa shape index (κ2) is 3.03. The van der Waals surface area contributed by atoms with E-state index in [4.69, 9.17) is 10.6 Å². The number of carbonyl (C=O) groups excluding carboxylic acids is 1. The summed E-state index contributed by atoms with van der Waals surface area (Å²) in [5.74, 6) is -0.107. The van der Waals surface area contributed by atoms with Gasteiger partial charge in [0.2, 0.25) is 0 Å². The Kier molecular flexibility index (Phi) is 2.39. The summed E-state index contributed by atoms with van der Waals surface area (Å²) >= 11 is 0. The van der Waals surface area contributed by atoms with Gasteiger partial charge in [-0.2, -0.15) is 0 Å². The fraction of sp³-hybridized carbons (Fsp3) is 0.875. The Labute approximate surface area is 72.6 Å². The van der Waals surface area contributed by atoms with Crippen LogP contribution in [0.5, 0.6) is 0 Å². The molecule has 70 valence electrons. The molecule has 0 aliphatic carbocycles. The molecule has 1 aliphatic heterocycles. The van der Waals surface area contributed by atoms with Gasteiger partial charge in [0, 0.05) is 0 Å². The zero-order valence-corrected chi connectivity index (χ0v) is 7.83. The molecule has 1 amide bonds. The Bertz CT molecular complexity index is 186. The van der Waals surface area contributed by atoms with Gasteiger partial charge in [0.05, 0.1) is 13.2 Å². The van der Waals surface area contributed by atoms with Gasteiger partial charge in [-0.15, -0.1) is 0 Å². The molecule has 0 radical (unpaired) electrons. The van der Waals surface area contributed by atoms with Crippen LogP contribution in [0.3, 0.4) is 0 Å². The largest absolute Gasteiger partial charge is 0.318 e. The number of hydroxylamine groups is 2. The van der Waals surface area contributed by atoms with Crippen molar-refractivity contribution in [3.05, 3.63) is 0 Å². The lowest BCUT2D eigenvalue weighted by molar-refractivity contribution is -0.167. The number of rotatable bonds is 1. The molecule has 0 aromatic rings. The SMILES string of the molecule is CC(C)(C)CN1OCC(N)C1=O. The predicted octanol–water partition coefficient (Wildman–Crippen LogP) is 0.134. The molecular formula is C8H16N2O2. The van der Waals surface area contributed by atoms with Crippen LogP contribution in [0.1, 0.15) is 20.8 Å². The topological polar surface area (TPSA) is 55.6 Å². The van der Waals surface area contributed by atoms with E-state index in [1.54, 1.807) is 0 Å². The van der Waals surface area contributed by atoms with E-state index in [-0.39, 0.29) is 11.3 Å². The number of nitrogens with zero attached hydrogens (tertiary/aromatic N) is 1. The Hall–Kier alpha value is -0.610. The van der Waals surface area contributed by atoms with Crippen LogP contribution in [-0.4, -0.2) is 30.2 Å². The minimum Gasteiger partial charge on any atom is -0.318 e. The average Bonchev–Trinajstić information content (AvgIpc) is 2.16. The van der Waals surface area contributed by atoms with Crippen molar-refractivity contribution >= 4 is 5.91 Å². The maximum absolute atomic E-state index is 11.3. The highest BCUT2D eigenvalue weighted by molar-refractivity contribution is 5.82. The molecular weight excluding hydrogens is 156 g/mol. The molecule has 4 nitrogen and oxygen atoms in total. The molecule has 2 N–H and O–H groups in total. The van der Waals surface area contributed by atoms with Gasteiger partial charge in [0.15, 0.2) is 0 Å². The standard InChI is InChI=1S/C8H16N2O2/c1-8(2,3)5-10-7(11)6(9)4-12-10/h6H,4-5,9H2,1-3H3. The summed E-state index contributed by atoms with van der Waals surface area (Å²) in [6, 6.07) is -0.465. The zero-order chi connectivity index (χ0) is 9.35. The van der Waals surface area contributed by atoms with E-state index in [0.717, 1.165) is 0 Å². The molecule has 1 aliphatic rings. The van der Waals surface area contributed by atoms with Gasteiger partial charge >= 0.3 is 0 Å². The van der Waals surface area contributed by atoms with Crippen molar-refractivity contribution in [1.82, 2.24) is 5.06 Å². The summed E-state index contributed by atoms with van der Waals surface area (Å²) in [5, 5.41) is 1.37. The highest BCUT2D eigenvalue weighted by atomic mass is 16.7. The number of carbonyl (C=O) groups is 1. The van der Waals surface area contributed by atoms with E-state index in [0.29, 0.717) is 13.2 Å². The fourth-order valence-corrected chi connectivity index (χ4v) is 1.04. The highest BCUT2D eigenvalue weighted by Crippen LogP contribution is 2.18. The van der Waals surface area contributed by atoms with Crippen LogP contribution in [0.15, 0.2) is 0 Å². The molecule has 1 fully saturated rings. The van der Waals surface area contributed by atoms with Crippen molar-refractivity contribution in [1.29, 1.82) is 0 Å². The van der Waals surface area contributed by atoms with Crippen LogP contribution < -0.4 is 5.73 Å². The third kappa shape index (κ3) is 2.19. The summed E-state index contributed by atoms with van der Waals surface area (Å²) in [6.45, 7) is 7.06. The van der Waals surface area contributed by atoms with Gasteiger partial charge < -0.3 is 5.73 Å². The molecule has 1 unspecified atom stereocenters. The second-order valence-electron chi connectivity index (χ2n) is 4.34. The lowest BCUT2D eigenvalue weighted by Gasteiger charge is -2.24. The van der Waals surface area contributed by atoms with Gasteiger partial charge in [-0.25, -0.2) is 5.06 Å². The number of hydrogen-bond donors (Lipinski definition) is 1. The summed E-state index contributed by atoms with van der Waals surface area (Å²) < 4.78 is 0. The van der Waals surface area contributed by atoms with Crippen LogP contribution in [0.4, 0.5) is 0 Å². The minimum atomic E-state index is -0.465. The first-order valence-electron chi connectivity index (χ1n) is 4.10. The molecule has 0 saturated carbocycles. The van der Waals surface area contributed by atoms with Gasteiger partial charge in [-0.1, -0.05) is 20.8 Å². The zero-order valence-electron chi connectivity index (χ0n) is 7.83. The molecule has 0 aromatic heterocycles. The summed E-state index contributed by atoms with van der Waals surface area (Å²) in [5.41, 5.74) is 5.53. The Morgan fingerprint density at radius 1 is 1.67 bits per heavy atom. The first-order chi connectivity index (χ1) is 5.40. The third-order valence-corrected chi connectivity index (χ3v) is 1.59. The minimum absolute atomic E-state index is 0.0553. The van der Waals surface area contributed by atoms with E-state index < -0.39 is 6.04 Å². The normalized spacial score (nSPS) is 25.2. The molecule has 0 aromatic carbocycles. The monoisotopic (exact) mass is 172 g/mol. The van der Waals surface area contributed by atoms with Crippen LogP contribution in [0.25, 0.3) is 0 Å². The van der Waals surface area contributed by atoms with E-state index in [1.165, 1.54) is 5.06 Å². The van der Waals surface area contributed by atoms with Crippen molar-refractivity contribution in [2.45, 2.75) is 26.8 Å². The first kappa shape index (κ1) is 9.48. The van der Waals surface area contributed by atoms with Crippen molar-refractivity contribution in [3.63, 3.8) is 0 Å². The van der Waals surface area contributed by atoms with Crippen molar-refractivity contribution in [2.75, 3.05) is 13.2 Å². The Balaban J connectivity index is 2.50. The van der Waals surface area contributed by atoms with E-state index in [2.05, 4.69) is 0 Å². The Morgan fingerprint density at radius 3 is 2.58 bits per heavy atom. The molecule has 1 atom stereocenters. The van der Waals surface area contributed by atoms with Crippen LogP contribution in [0, 0.1) is 5.41 Å². The van der Waals surface area contributed by atoms with Crippen molar-refractivity contribution < 1.29 is 9.63 Å². The van der Waals surface area contributed by atoms with Gasteiger partial charge in [0.25, 0.3) is 5.91 Å². The van der Waals surface area contributed by atoms with Crippen LogP contribution in [0.2, 0.25) is 0 Å². The molecule has 1 saturated heterocycles. The second-order valence-corrected chi connectivity index (χ2v) is 4.34. The van der Waals surface area contributed by atoms with Crippen molar-refractivity contribution in [2.24, 2.45) is 11.1 Å². The number of amides is 1. The third-order valence-electron chi connectivity index (χ3n) is 1.59. The molecule has 4 heteroatoms. The van der Waals surface area contributed by atoms with E-state index in [1.807, 2.05) is 20.8 Å². The molecule has 1 heterocycles. The quantitative estimate of drug-likeness (QED) is 0.612. The lowest BCUT2D eigenvalue weighted by Crippen LogP contribution is -2.38. The van der Waals surface area contributed by atoms with Crippen LogP contribution >= 0.6 is 0 Å². The van der Waals surface area contributed by atoms with Gasteiger partial charge in [-0.05, 0) is 5.41 Å². The van der Waals surface area contributed by atoms with Crippen molar-refractivity contribution in [3.8, 4) is 0 Å². The Morgan fingerprint density at radius 2 is 2.25 bits per heavy atom. The van der Waals surface area contributed by atoms with E-state index in [9.17, 15) is 4.79 Å². The molecule has 12 heavy (non-hydrogen) atoms. The summed E-state index contributed by atoms with van der Waals surface area (Å²) in [6.07, 6.45) is 0.